The molecule has 0 aliphatic carbocycles. The highest BCUT2D eigenvalue weighted by Crippen LogP contribution is 2.39. The number of rotatable bonds is 5. The van der Waals surface area contributed by atoms with Gasteiger partial charge in [0, 0.05) is 37.0 Å². The van der Waals surface area contributed by atoms with Crippen LogP contribution in [0.25, 0.3) is 22.3 Å². The van der Waals surface area contributed by atoms with Crippen LogP contribution in [0, 0.1) is 6.92 Å². The zero-order valence-electron chi connectivity index (χ0n) is 17.2. The van der Waals surface area contributed by atoms with Gasteiger partial charge in [-0.3, -0.25) is 4.98 Å². The summed E-state index contributed by atoms with van der Waals surface area (Å²) in [6.45, 7) is 5.28. The second kappa shape index (κ2) is 7.72. The van der Waals surface area contributed by atoms with Gasteiger partial charge in [0.05, 0.1) is 35.1 Å². The van der Waals surface area contributed by atoms with Crippen molar-refractivity contribution < 1.29 is 14.6 Å². The van der Waals surface area contributed by atoms with Crippen molar-refractivity contribution in [2.75, 3.05) is 24.6 Å². The fourth-order valence-electron chi connectivity index (χ4n) is 4.63. The van der Waals surface area contributed by atoms with E-state index < -0.39 is 5.97 Å². The van der Waals surface area contributed by atoms with Crippen molar-refractivity contribution in [1.82, 2.24) is 14.5 Å². The average molecular weight is 406 g/mol. The Morgan fingerprint density at radius 1 is 1.27 bits per heavy atom. The van der Waals surface area contributed by atoms with Crippen LogP contribution >= 0.6 is 0 Å². The quantitative estimate of drug-likeness (QED) is 0.693. The van der Waals surface area contributed by atoms with Crippen LogP contribution in [0.1, 0.15) is 41.9 Å². The molecule has 1 unspecified atom stereocenters. The van der Waals surface area contributed by atoms with Gasteiger partial charge in [0.15, 0.2) is 0 Å². The Morgan fingerprint density at radius 3 is 2.70 bits per heavy atom. The molecule has 1 N–H and O–H groups in total. The molecule has 3 aromatic rings. The summed E-state index contributed by atoms with van der Waals surface area (Å²) in [6.07, 6.45) is 6.35. The second-order valence-electron chi connectivity index (χ2n) is 8.16. The molecular formula is C23H26N4O3. The fraction of sp³-hybridized carbons (Fsp3) is 0.435. The third-order valence-corrected chi connectivity index (χ3v) is 6.24. The van der Waals surface area contributed by atoms with Crippen molar-refractivity contribution in [3.63, 3.8) is 0 Å². The number of pyridine rings is 1. The molecule has 4 heterocycles. The molecule has 156 valence electrons. The molecule has 1 aromatic carbocycles. The number of hydrogen-bond acceptors (Lipinski definition) is 5. The number of aromatic nitrogens is 3. The van der Waals surface area contributed by atoms with Gasteiger partial charge in [-0.15, -0.1) is 0 Å². The third-order valence-electron chi connectivity index (χ3n) is 6.24. The van der Waals surface area contributed by atoms with E-state index in [1.54, 1.807) is 10.8 Å². The van der Waals surface area contributed by atoms with Gasteiger partial charge in [-0.2, -0.15) is 0 Å². The van der Waals surface area contributed by atoms with Crippen LogP contribution in [0.5, 0.6) is 0 Å². The maximum atomic E-state index is 12.0. The Kier molecular flexibility index (Phi) is 4.90. The molecule has 0 amide bonds. The first-order valence-corrected chi connectivity index (χ1v) is 10.7. The third kappa shape index (κ3) is 3.23. The molecule has 2 saturated heterocycles. The minimum atomic E-state index is -1.01. The maximum absolute atomic E-state index is 12.0. The normalized spacial score (nSPS) is 19.1. The zero-order valence-corrected chi connectivity index (χ0v) is 17.2. The van der Waals surface area contributed by atoms with E-state index in [4.69, 9.17) is 4.74 Å². The van der Waals surface area contributed by atoms with Gasteiger partial charge in [0.25, 0.3) is 0 Å². The van der Waals surface area contributed by atoms with Gasteiger partial charge in [0.1, 0.15) is 0 Å². The summed E-state index contributed by atoms with van der Waals surface area (Å²) >= 11 is 0. The van der Waals surface area contributed by atoms with E-state index in [0.717, 1.165) is 72.5 Å². The van der Waals surface area contributed by atoms with Crippen LogP contribution in [0.3, 0.4) is 0 Å². The van der Waals surface area contributed by atoms with E-state index in [2.05, 4.69) is 27.9 Å². The van der Waals surface area contributed by atoms with E-state index in [0.29, 0.717) is 6.54 Å². The number of ether oxygens (including phenoxy) is 1. The first-order valence-electron chi connectivity index (χ1n) is 10.7. The van der Waals surface area contributed by atoms with Crippen molar-refractivity contribution in [2.45, 2.75) is 45.3 Å². The SMILES string of the molecule is Cc1c(N2CCCCC2)c(-c2ccccn2)cc2c1nc(C(=O)O)n2CC1CCO1. The summed E-state index contributed by atoms with van der Waals surface area (Å²) in [6, 6.07) is 7.99. The van der Waals surface area contributed by atoms with E-state index in [-0.39, 0.29) is 11.9 Å². The van der Waals surface area contributed by atoms with E-state index in [1.807, 2.05) is 18.2 Å². The van der Waals surface area contributed by atoms with E-state index in [9.17, 15) is 9.90 Å². The molecule has 0 bridgehead atoms. The predicted molar refractivity (Wildman–Crippen MR) is 115 cm³/mol. The van der Waals surface area contributed by atoms with Gasteiger partial charge >= 0.3 is 5.97 Å². The highest BCUT2D eigenvalue weighted by atomic mass is 16.5. The fourth-order valence-corrected chi connectivity index (χ4v) is 4.63. The van der Waals surface area contributed by atoms with Crippen molar-refractivity contribution in [2.24, 2.45) is 0 Å². The standard InChI is InChI=1S/C23H26N4O3/c1-15-20-19(27(14-16-8-12-30-16)22(25-20)23(28)29)13-17(18-7-3-4-9-24-18)21(15)26-10-5-2-6-11-26/h3-4,7,9,13,16H,2,5-6,8,10-12,14H2,1H3,(H,28,29). The number of carboxylic acid groups (broad SMARTS) is 1. The molecule has 0 spiro atoms. The Labute approximate surface area is 175 Å². The molecule has 5 rings (SSSR count). The number of anilines is 1. The summed E-state index contributed by atoms with van der Waals surface area (Å²) < 4.78 is 7.40. The lowest BCUT2D eigenvalue weighted by atomic mass is 9.99. The number of nitrogens with zero attached hydrogens (tertiary/aromatic N) is 4. The van der Waals surface area contributed by atoms with Crippen molar-refractivity contribution in [3.8, 4) is 11.3 Å². The molecule has 0 saturated carbocycles. The Balaban J connectivity index is 1.75. The van der Waals surface area contributed by atoms with Gasteiger partial charge in [-0.05, 0) is 50.8 Å². The second-order valence-corrected chi connectivity index (χ2v) is 8.16. The van der Waals surface area contributed by atoms with Crippen LogP contribution in [-0.2, 0) is 11.3 Å². The number of carbonyl (C=O) groups is 1. The Hall–Kier alpha value is -2.93. The number of hydrogen-bond donors (Lipinski definition) is 1. The molecule has 1 atom stereocenters. The van der Waals surface area contributed by atoms with Gasteiger partial charge in [0.2, 0.25) is 5.82 Å². The molecule has 2 fully saturated rings. The van der Waals surface area contributed by atoms with Gasteiger partial charge in [-0.25, -0.2) is 9.78 Å². The molecule has 7 heteroatoms. The summed E-state index contributed by atoms with van der Waals surface area (Å²) in [5.74, 6) is -0.935. The number of carboxylic acids is 1. The van der Waals surface area contributed by atoms with Crippen LogP contribution in [-0.4, -0.2) is 51.4 Å². The lowest BCUT2D eigenvalue weighted by Gasteiger charge is -2.32. The van der Waals surface area contributed by atoms with E-state index >= 15 is 0 Å². The number of piperidine rings is 1. The minimum Gasteiger partial charge on any atom is -0.475 e. The van der Waals surface area contributed by atoms with Crippen LogP contribution < -0.4 is 4.90 Å². The molecule has 2 aliphatic rings. The smallest absolute Gasteiger partial charge is 0.372 e. The van der Waals surface area contributed by atoms with Gasteiger partial charge < -0.3 is 19.3 Å². The Morgan fingerprint density at radius 2 is 2.07 bits per heavy atom. The molecule has 2 aromatic heterocycles. The number of benzene rings is 1. The predicted octanol–water partition coefficient (Wildman–Crippen LogP) is 3.88. The number of imidazole rings is 1. The van der Waals surface area contributed by atoms with Crippen molar-refractivity contribution in [3.05, 3.63) is 41.9 Å². The highest BCUT2D eigenvalue weighted by Gasteiger charge is 2.28. The first kappa shape index (κ1) is 19.1. The van der Waals surface area contributed by atoms with Crippen molar-refractivity contribution >= 4 is 22.7 Å². The lowest BCUT2D eigenvalue weighted by Crippen LogP contribution is -2.32. The number of fused-ring (bicyclic) bond motifs is 1. The average Bonchev–Trinajstić information content (AvgIpc) is 3.11. The van der Waals surface area contributed by atoms with Crippen LogP contribution in [0.2, 0.25) is 0 Å². The van der Waals surface area contributed by atoms with Gasteiger partial charge in [-0.1, -0.05) is 6.07 Å². The van der Waals surface area contributed by atoms with E-state index in [1.165, 1.54) is 6.42 Å². The summed E-state index contributed by atoms with van der Waals surface area (Å²) in [7, 11) is 0. The summed E-state index contributed by atoms with van der Waals surface area (Å²) in [5, 5.41) is 9.82. The number of aromatic carboxylic acids is 1. The largest absolute Gasteiger partial charge is 0.475 e. The summed E-state index contributed by atoms with van der Waals surface area (Å²) in [5.41, 5.74) is 5.67. The molecule has 30 heavy (non-hydrogen) atoms. The Bertz CT molecular complexity index is 1080. The molecular weight excluding hydrogens is 380 g/mol. The van der Waals surface area contributed by atoms with Crippen molar-refractivity contribution in [1.29, 1.82) is 0 Å². The maximum Gasteiger partial charge on any atom is 0.372 e. The van der Waals surface area contributed by atoms with Crippen LogP contribution in [0.4, 0.5) is 5.69 Å². The minimum absolute atomic E-state index is 0.0425. The number of aryl methyl sites for hydroxylation is 1. The van der Waals surface area contributed by atoms with Crippen LogP contribution in [0.15, 0.2) is 30.5 Å². The molecule has 7 nitrogen and oxygen atoms in total. The molecule has 0 radical (unpaired) electrons. The zero-order chi connectivity index (χ0) is 20.7. The highest BCUT2D eigenvalue weighted by molar-refractivity contribution is 5.98. The lowest BCUT2D eigenvalue weighted by molar-refractivity contribution is -0.0589. The summed E-state index contributed by atoms with van der Waals surface area (Å²) in [4.78, 5) is 23.6. The molecule has 2 aliphatic heterocycles. The topological polar surface area (TPSA) is 80.5 Å². The monoisotopic (exact) mass is 406 g/mol. The first-order chi connectivity index (χ1) is 14.6.